The number of benzene rings is 3. The van der Waals surface area contributed by atoms with E-state index in [1.54, 1.807) is 0 Å². The van der Waals surface area contributed by atoms with Crippen LogP contribution in [0.15, 0.2) is 88.8 Å². The third kappa shape index (κ3) is 3.75. The number of urea groups is 1. The SMILES string of the molecule is Cc1cccc(NC(=O)N[C@H]2N=C(c3ccccc3)c3ccccc3N3C2=NCC3C)c1. The fraction of sp³-hybridized carbons (Fsp3) is 0.192. The number of aliphatic imine (C=N–C) groups is 2. The number of hydrogen-bond acceptors (Lipinski definition) is 4. The van der Waals surface area contributed by atoms with E-state index in [2.05, 4.69) is 34.6 Å². The first kappa shape index (κ1) is 20.0. The zero-order valence-corrected chi connectivity index (χ0v) is 18.1. The highest BCUT2D eigenvalue weighted by Gasteiger charge is 2.36. The summed E-state index contributed by atoms with van der Waals surface area (Å²) in [6.07, 6.45) is -0.604. The van der Waals surface area contributed by atoms with E-state index in [4.69, 9.17) is 9.98 Å². The van der Waals surface area contributed by atoms with E-state index in [0.29, 0.717) is 6.54 Å². The number of amidine groups is 1. The largest absolute Gasteiger partial charge is 0.321 e. The highest BCUT2D eigenvalue weighted by molar-refractivity contribution is 6.21. The van der Waals surface area contributed by atoms with E-state index in [-0.39, 0.29) is 12.1 Å². The summed E-state index contributed by atoms with van der Waals surface area (Å²) in [5, 5.41) is 5.97. The van der Waals surface area contributed by atoms with Gasteiger partial charge in [-0.05, 0) is 37.6 Å². The minimum Gasteiger partial charge on any atom is -0.321 e. The van der Waals surface area contributed by atoms with Gasteiger partial charge in [0.25, 0.3) is 0 Å². The Balaban J connectivity index is 1.55. The summed E-state index contributed by atoms with van der Waals surface area (Å²) in [6, 6.07) is 25.9. The van der Waals surface area contributed by atoms with Crippen molar-refractivity contribution in [1.29, 1.82) is 0 Å². The molecule has 0 saturated heterocycles. The van der Waals surface area contributed by atoms with Crippen molar-refractivity contribution in [3.05, 3.63) is 95.6 Å². The quantitative estimate of drug-likeness (QED) is 0.646. The number of nitrogens with zero attached hydrogens (tertiary/aromatic N) is 3. The van der Waals surface area contributed by atoms with Crippen LogP contribution in [0.1, 0.15) is 23.6 Å². The van der Waals surface area contributed by atoms with Crippen LogP contribution in [-0.4, -0.2) is 36.3 Å². The Morgan fingerprint density at radius 3 is 2.59 bits per heavy atom. The Kier molecular flexibility index (Phi) is 5.19. The molecule has 160 valence electrons. The summed E-state index contributed by atoms with van der Waals surface area (Å²) >= 11 is 0. The molecule has 2 heterocycles. The summed E-state index contributed by atoms with van der Waals surface area (Å²) in [5.74, 6) is 0.760. The minimum absolute atomic E-state index is 0.181. The summed E-state index contributed by atoms with van der Waals surface area (Å²) in [7, 11) is 0. The first-order valence-corrected chi connectivity index (χ1v) is 10.8. The van der Waals surface area contributed by atoms with Gasteiger partial charge in [0.15, 0.2) is 6.17 Å². The number of fused-ring (bicyclic) bond motifs is 3. The highest BCUT2D eigenvalue weighted by Crippen LogP contribution is 2.32. The predicted octanol–water partition coefficient (Wildman–Crippen LogP) is 4.60. The van der Waals surface area contributed by atoms with Crippen LogP contribution in [-0.2, 0) is 0 Å². The van der Waals surface area contributed by atoms with Gasteiger partial charge in [-0.15, -0.1) is 0 Å². The zero-order chi connectivity index (χ0) is 22.1. The van der Waals surface area contributed by atoms with Crippen molar-refractivity contribution in [1.82, 2.24) is 5.32 Å². The van der Waals surface area contributed by atoms with Crippen LogP contribution in [0.5, 0.6) is 0 Å². The number of anilines is 2. The average molecular weight is 424 g/mol. The first-order chi connectivity index (χ1) is 15.6. The number of amides is 2. The molecule has 3 aromatic carbocycles. The molecule has 0 saturated carbocycles. The minimum atomic E-state index is -0.604. The van der Waals surface area contributed by atoms with E-state index in [0.717, 1.165) is 39.6 Å². The third-order valence-electron chi connectivity index (χ3n) is 5.72. The predicted molar refractivity (Wildman–Crippen MR) is 130 cm³/mol. The molecule has 1 unspecified atom stereocenters. The summed E-state index contributed by atoms with van der Waals surface area (Å²) in [6.45, 7) is 4.80. The van der Waals surface area contributed by atoms with Gasteiger partial charge in [-0.1, -0.05) is 60.7 Å². The van der Waals surface area contributed by atoms with Crippen molar-refractivity contribution < 1.29 is 4.79 Å². The van der Waals surface area contributed by atoms with Gasteiger partial charge in [-0.25, -0.2) is 4.79 Å². The number of aryl methyl sites for hydroxylation is 1. The van der Waals surface area contributed by atoms with E-state index in [9.17, 15) is 4.79 Å². The molecule has 2 N–H and O–H groups in total. The maximum Gasteiger partial charge on any atom is 0.321 e. The van der Waals surface area contributed by atoms with Gasteiger partial charge in [0.05, 0.1) is 24.0 Å². The van der Waals surface area contributed by atoms with Crippen LogP contribution in [0, 0.1) is 6.92 Å². The molecule has 0 bridgehead atoms. The average Bonchev–Trinajstić information content (AvgIpc) is 3.12. The van der Waals surface area contributed by atoms with E-state index in [1.807, 2.05) is 73.7 Å². The fourth-order valence-corrected chi connectivity index (χ4v) is 4.27. The lowest BCUT2D eigenvalue weighted by Gasteiger charge is -2.28. The smallest absolute Gasteiger partial charge is 0.321 e. The van der Waals surface area contributed by atoms with E-state index in [1.165, 1.54) is 0 Å². The van der Waals surface area contributed by atoms with Crippen LogP contribution in [0.4, 0.5) is 16.2 Å². The van der Waals surface area contributed by atoms with Gasteiger partial charge in [0.1, 0.15) is 5.84 Å². The third-order valence-corrected chi connectivity index (χ3v) is 5.72. The van der Waals surface area contributed by atoms with Gasteiger partial charge in [-0.2, -0.15) is 0 Å². The second-order valence-electron chi connectivity index (χ2n) is 8.15. The van der Waals surface area contributed by atoms with Crippen LogP contribution >= 0.6 is 0 Å². The van der Waals surface area contributed by atoms with Crippen molar-refractivity contribution in [3.63, 3.8) is 0 Å². The van der Waals surface area contributed by atoms with Crippen molar-refractivity contribution in [2.75, 3.05) is 16.8 Å². The Hall–Kier alpha value is -3.93. The Labute approximate surface area is 187 Å². The molecule has 0 aromatic heterocycles. The van der Waals surface area contributed by atoms with Gasteiger partial charge in [-0.3, -0.25) is 9.98 Å². The summed E-state index contributed by atoms with van der Waals surface area (Å²) in [5.41, 5.74) is 5.75. The van der Waals surface area contributed by atoms with Crippen molar-refractivity contribution in [3.8, 4) is 0 Å². The topological polar surface area (TPSA) is 69.1 Å². The van der Waals surface area contributed by atoms with Crippen molar-refractivity contribution in [2.24, 2.45) is 9.98 Å². The molecule has 2 aliphatic heterocycles. The Bertz CT molecular complexity index is 1220. The molecule has 3 aromatic rings. The highest BCUT2D eigenvalue weighted by atomic mass is 16.2. The molecule has 6 heteroatoms. The van der Waals surface area contributed by atoms with E-state index >= 15 is 0 Å². The number of para-hydroxylation sites is 1. The molecule has 0 aliphatic carbocycles. The maximum atomic E-state index is 12.9. The maximum absolute atomic E-state index is 12.9. The summed E-state index contributed by atoms with van der Waals surface area (Å²) in [4.78, 5) is 24.9. The second kappa shape index (κ2) is 8.30. The first-order valence-electron chi connectivity index (χ1n) is 10.8. The molecule has 5 rings (SSSR count). The van der Waals surface area contributed by atoms with Crippen molar-refractivity contribution >= 4 is 29.0 Å². The van der Waals surface area contributed by atoms with Crippen LogP contribution in [0.3, 0.4) is 0 Å². The van der Waals surface area contributed by atoms with Gasteiger partial charge < -0.3 is 15.5 Å². The number of carbonyl (C=O) groups excluding carboxylic acids is 1. The Morgan fingerprint density at radius 1 is 1.00 bits per heavy atom. The molecule has 0 spiro atoms. The van der Waals surface area contributed by atoms with Crippen LogP contribution < -0.4 is 15.5 Å². The second-order valence-corrected chi connectivity index (χ2v) is 8.15. The molecule has 2 aliphatic rings. The standard InChI is InChI=1S/C26H25N5O/c1-17-9-8-12-20(15-17)28-26(32)30-24-25-27-16-18(2)31(25)22-14-7-6-13-21(22)23(29-24)19-10-4-3-5-11-19/h3-15,18,24H,16H2,1-2H3,(H2,28,30,32)/t18?,24-/m1/s1. The molecular formula is C26H25N5O. The molecule has 32 heavy (non-hydrogen) atoms. The monoisotopic (exact) mass is 423 g/mol. The Morgan fingerprint density at radius 2 is 1.78 bits per heavy atom. The lowest BCUT2D eigenvalue weighted by atomic mass is 10.00. The fourth-order valence-electron chi connectivity index (χ4n) is 4.27. The van der Waals surface area contributed by atoms with Crippen molar-refractivity contribution in [2.45, 2.75) is 26.1 Å². The lowest BCUT2D eigenvalue weighted by Crippen LogP contribution is -2.48. The van der Waals surface area contributed by atoms with Gasteiger partial charge >= 0.3 is 6.03 Å². The van der Waals surface area contributed by atoms with Gasteiger partial charge in [0, 0.05) is 16.8 Å². The van der Waals surface area contributed by atoms with Crippen LogP contribution in [0.25, 0.3) is 0 Å². The van der Waals surface area contributed by atoms with E-state index < -0.39 is 6.17 Å². The number of rotatable bonds is 3. The van der Waals surface area contributed by atoms with Crippen LogP contribution in [0.2, 0.25) is 0 Å². The zero-order valence-electron chi connectivity index (χ0n) is 18.1. The van der Waals surface area contributed by atoms with Gasteiger partial charge in [0.2, 0.25) is 0 Å². The molecule has 2 atom stereocenters. The molecule has 6 nitrogen and oxygen atoms in total. The molecule has 0 radical (unpaired) electrons. The normalized spacial score (nSPS) is 19.2. The molecular weight excluding hydrogens is 398 g/mol. The number of carbonyl (C=O) groups is 1. The lowest BCUT2D eigenvalue weighted by molar-refractivity contribution is 0.251. The number of hydrogen-bond donors (Lipinski definition) is 2. The molecule has 0 fully saturated rings. The number of nitrogens with one attached hydrogen (secondary N) is 2. The summed E-state index contributed by atoms with van der Waals surface area (Å²) < 4.78 is 0. The molecule has 2 amide bonds.